The summed E-state index contributed by atoms with van der Waals surface area (Å²) in [6, 6.07) is 15.3. The minimum atomic E-state index is -0.655. The van der Waals surface area contributed by atoms with Crippen molar-refractivity contribution in [2.24, 2.45) is 7.05 Å². The highest BCUT2D eigenvalue weighted by Gasteiger charge is 2.24. The van der Waals surface area contributed by atoms with Crippen molar-refractivity contribution >= 4 is 22.2 Å². The van der Waals surface area contributed by atoms with Gasteiger partial charge in [-0.15, -0.1) is 0 Å². The Labute approximate surface area is 231 Å². The molecule has 0 unspecified atom stereocenters. The SMILES string of the molecule is Cn1c(=O)n(-c2cccc(-c3cc(-c4ccnn4C4CCOCC4)c4c(N)ncnn34)c2)c(=O)c2cccc(F)c21. The summed E-state index contributed by atoms with van der Waals surface area (Å²) in [6.45, 7) is 1.34. The molecule has 0 radical (unpaired) electrons. The van der Waals surface area contributed by atoms with Gasteiger partial charge < -0.3 is 10.5 Å². The summed E-state index contributed by atoms with van der Waals surface area (Å²) >= 11 is 0. The Morgan fingerprint density at radius 1 is 0.976 bits per heavy atom. The van der Waals surface area contributed by atoms with Crippen LogP contribution in [0.2, 0.25) is 0 Å². The number of hydrogen-bond acceptors (Lipinski definition) is 7. The average molecular weight is 553 g/mol. The third-order valence-corrected chi connectivity index (χ3v) is 7.70. The second-order valence-electron chi connectivity index (χ2n) is 10.0. The molecule has 11 nitrogen and oxygen atoms in total. The van der Waals surface area contributed by atoms with Crippen molar-refractivity contribution < 1.29 is 9.13 Å². The number of para-hydroxylation sites is 1. The van der Waals surface area contributed by atoms with Crippen LogP contribution in [0.3, 0.4) is 0 Å². The van der Waals surface area contributed by atoms with E-state index in [2.05, 4.69) is 15.2 Å². The zero-order valence-electron chi connectivity index (χ0n) is 22.1. The standard InChI is InChI=1S/C29H25FN8O3/c1-35-25-20(6-3-7-22(25)30)28(39)36(29(35)40)19-5-2-4-17(14-19)24-15-21(26-27(31)32-16-34-38(24)26)23-8-11-33-37(23)18-9-12-41-13-10-18/h2-8,11,14-16,18H,9-10,12-13H2,1H3,(H2,31,32,34). The number of hydrogen-bond donors (Lipinski definition) is 1. The van der Waals surface area contributed by atoms with Crippen molar-refractivity contribution in [3.8, 4) is 28.2 Å². The molecular weight excluding hydrogens is 527 g/mol. The van der Waals surface area contributed by atoms with Crippen LogP contribution in [0.15, 0.2) is 76.7 Å². The normalized spacial score (nSPS) is 14.3. The minimum Gasteiger partial charge on any atom is -0.382 e. The largest absolute Gasteiger partial charge is 0.382 e. The first kappa shape index (κ1) is 24.9. The van der Waals surface area contributed by atoms with E-state index in [1.807, 2.05) is 22.9 Å². The molecule has 1 aliphatic heterocycles. The quantitative estimate of drug-likeness (QED) is 0.355. The maximum atomic E-state index is 14.5. The first-order valence-corrected chi connectivity index (χ1v) is 13.2. The fourth-order valence-corrected chi connectivity index (χ4v) is 5.73. The molecule has 0 aliphatic carbocycles. The first-order chi connectivity index (χ1) is 19.9. The predicted octanol–water partition coefficient (Wildman–Crippen LogP) is 3.34. The fourth-order valence-electron chi connectivity index (χ4n) is 5.73. The number of benzene rings is 2. The van der Waals surface area contributed by atoms with Crippen LogP contribution in [0.1, 0.15) is 18.9 Å². The van der Waals surface area contributed by atoms with Crippen molar-refractivity contribution in [1.29, 1.82) is 0 Å². The summed E-state index contributed by atoms with van der Waals surface area (Å²) in [5, 5.41) is 9.22. The summed E-state index contributed by atoms with van der Waals surface area (Å²) in [5.74, 6) is -0.330. The van der Waals surface area contributed by atoms with Crippen molar-refractivity contribution in [2.75, 3.05) is 18.9 Å². The molecular formula is C29H25FN8O3. The summed E-state index contributed by atoms with van der Waals surface area (Å²) in [5.41, 5.74) is 9.10. The molecule has 0 bridgehead atoms. The van der Waals surface area contributed by atoms with E-state index in [-0.39, 0.29) is 16.9 Å². The van der Waals surface area contributed by atoms with Gasteiger partial charge in [-0.1, -0.05) is 18.2 Å². The Hall–Kier alpha value is -5.10. The number of aromatic nitrogens is 7. The Morgan fingerprint density at radius 2 is 1.78 bits per heavy atom. The molecule has 7 rings (SSSR count). The van der Waals surface area contributed by atoms with Crippen molar-refractivity contribution in [1.82, 2.24) is 33.5 Å². The third-order valence-electron chi connectivity index (χ3n) is 7.70. The fraction of sp³-hybridized carbons (Fsp3) is 0.207. The van der Waals surface area contributed by atoms with Crippen molar-refractivity contribution in [3.05, 3.63) is 93.8 Å². The van der Waals surface area contributed by atoms with Gasteiger partial charge in [0, 0.05) is 37.6 Å². The molecule has 2 aromatic carbocycles. The lowest BCUT2D eigenvalue weighted by Gasteiger charge is -2.24. The van der Waals surface area contributed by atoms with Gasteiger partial charge in [0.05, 0.1) is 34.0 Å². The van der Waals surface area contributed by atoms with E-state index in [0.717, 1.165) is 33.2 Å². The van der Waals surface area contributed by atoms with Crippen LogP contribution >= 0.6 is 0 Å². The highest BCUT2D eigenvalue weighted by atomic mass is 19.1. The first-order valence-electron chi connectivity index (χ1n) is 13.2. The molecule has 0 spiro atoms. The van der Waals surface area contributed by atoms with E-state index in [4.69, 9.17) is 10.5 Å². The van der Waals surface area contributed by atoms with E-state index in [0.29, 0.717) is 41.5 Å². The summed E-state index contributed by atoms with van der Waals surface area (Å²) in [6.07, 6.45) is 4.84. The van der Waals surface area contributed by atoms with Gasteiger partial charge in [0.25, 0.3) is 5.56 Å². The summed E-state index contributed by atoms with van der Waals surface area (Å²) in [7, 11) is 1.45. The van der Waals surface area contributed by atoms with Crippen LogP contribution in [-0.4, -0.2) is 46.7 Å². The zero-order chi connectivity index (χ0) is 28.2. The predicted molar refractivity (Wildman–Crippen MR) is 151 cm³/mol. The van der Waals surface area contributed by atoms with Gasteiger partial charge in [-0.3, -0.25) is 14.0 Å². The highest BCUT2D eigenvalue weighted by Crippen LogP contribution is 2.37. The maximum Gasteiger partial charge on any atom is 0.335 e. The third kappa shape index (κ3) is 3.86. The maximum absolute atomic E-state index is 14.5. The minimum absolute atomic E-state index is 0.0366. The second-order valence-corrected chi connectivity index (χ2v) is 10.0. The van der Waals surface area contributed by atoms with Crippen LogP contribution in [0, 0.1) is 5.82 Å². The van der Waals surface area contributed by atoms with Crippen LogP contribution < -0.4 is 17.0 Å². The number of nitrogens with two attached hydrogens (primary N) is 1. The van der Waals surface area contributed by atoms with E-state index >= 15 is 0 Å². The molecule has 41 heavy (non-hydrogen) atoms. The van der Waals surface area contributed by atoms with Gasteiger partial charge in [0.1, 0.15) is 17.7 Å². The molecule has 0 saturated carbocycles. The topological polar surface area (TPSA) is 127 Å². The lowest BCUT2D eigenvalue weighted by molar-refractivity contribution is 0.0667. The number of aryl methyl sites for hydroxylation is 1. The molecule has 5 heterocycles. The Balaban J connectivity index is 1.42. The lowest BCUT2D eigenvalue weighted by atomic mass is 10.1. The molecule has 0 atom stereocenters. The molecule has 2 N–H and O–H groups in total. The van der Waals surface area contributed by atoms with Crippen molar-refractivity contribution in [2.45, 2.75) is 18.9 Å². The number of rotatable bonds is 4. The second kappa shape index (κ2) is 9.52. The number of nitrogens with zero attached hydrogens (tertiary/aromatic N) is 7. The number of ether oxygens (including phenoxy) is 1. The average Bonchev–Trinajstić information content (AvgIpc) is 3.63. The summed E-state index contributed by atoms with van der Waals surface area (Å²) < 4.78 is 26.0. The van der Waals surface area contributed by atoms with Gasteiger partial charge >= 0.3 is 5.69 Å². The molecule has 1 saturated heterocycles. The smallest absolute Gasteiger partial charge is 0.335 e. The lowest BCUT2D eigenvalue weighted by Crippen LogP contribution is -2.38. The van der Waals surface area contributed by atoms with Gasteiger partial charge in [-0.05, 0) is 49.2 Å². The van der Waals surface area contributed by atoms with Gasteiger partial charge in [0.15, 0.2) is 5.82 Å². The molecule has 206 valence electrons. The highest BCUT2D eigenvalue weighted by molar-refractivity contribution is 5.91. The van der Waals surface area contributed by atoms with Gasteiger partial charge in [-0.25, -0.2) is 23.3 Å². The van der Waals surface area contributed by atoms with Gasteiger partial charge in [0.2, 0.25) is 0 Å². The van der Waals surface area contributed by atoms with Crippen LogP contribution in [-0.2, 0) is 11.8 Å². The molecule has 1 aliphatic rings. The molecule has 6 aromatic rings. The Bertz CT molecular complexity index is 2080. The zero-order valence-corrected chi connectivity index (χ0v) is 22.1. The monoisotopic (exact) mass is 552 g/mol. The number of fused-ring (bicyclic) bond motifs is 2. The Morgan fingerprint density at radius 3 is 2.61 bits per heavy atom. The number of halogens is 1. The molecule has 1 fully saturated rings. The van der Waals surface area contributed by atoms with E-state index in [1.54, 1.807) is 28.9 Å². The van der Waals surface area contributed by atoms with Gasteiger partial charge in [-0.2, -0.15) is 10.2 Å². The molecule has 0 amide bonds. The number of nitrogen functional groups attached to an aromatic ring is 1. The van der Waals surface area contributed by atoms with Crippen LogP contribution in [0.25, 0.3) is 44.6 Å². The summed E-state index contributed by atoms with van der Waals surface area (Å²) in [4.78, 5) is 31.0. The van der Waals surface area contributed by atoms with Crippen LogP contribution in [0.4, 0.5) is 10.2 Å². The molecule has 4 aromatic heterocycles. The van der Waals surface area contributed by atoms with E-state index < -0.39 is 17.1 Å². The Kier molecular flexibility index (Phi) is 5.78. The molecule has 12 heteroatoms. The van der Waals surface area contributed by atoms with E-state index in [1.165, 1.54) is 31.6 Å². The van der Waals surface area contributed by atoms with Crippen LogP contribution in [0.5, 0.6) is 0 Å². The number of anilines is 1. The van der Waals surface area contributed by atoms with E-state index in [9.17, 15) is 14.0 Å². The van der Waals surface area contributed by atoms with Crippen molar-refractivity contribution in [3.63, 3.8) is 0 Å².